The Kier molecular flexibility index (Phi) is 2.75. The van der Waals surface area contributed by atoms with Crippen LogP contribution in [-0.4, -0.2) is 31.4 Å². The van der Waals surface area contributed by atoms with Crippen LogP contribution in [0.2, 0.25) is 0 Å². The van der Waals surface area contributed by atoms with Crippen LogP contribution in [0.4, 0.5) is 0 Å². The van der Waals surface area contributed by atoms with E-state index in [1.54, 1.807) is 18.2 Å². The summed E-state index contributed by atoms with van der Waals surface area (Å²) in [6, 6.07) is 5.11. The molecule has 19 heavy (non-hydrogen) atoms. The number of ketones is 2. The Hall–Kier alpha value is -1.94. The van der Waals surface area contributed by atoms with Gasteiger partial charge < -0.3 is 9.47 Å². The molecular weight excluding hydrogens is 244 g/mol. The third-order valence-electron chi connectivity index (χ3n) is 3.63. The molecule has 4 heteroatoms. The zero-order valence-electron chi connectivity index (χ0n) is 10.9. The normalized spacial score (nSPS) is 22.1. The highest BCUT2D eigenvalue weighted by Gasteiger charge is 2.37. The fourth-order valence-corrected chi connectivity index (χ4v) is 2.65. The van der Waals surface area contributed by atoms with E-state index in [0.29, 0.717) is 34.4 Å². The number of hydrogen-bond donors (Lipinski definition) is 0. The van der Waals surface area contributed by atoms with Crippen LogP contribution in [0.5, 0.6) is 5.75 Å². The van der Waals surface area contributed by atoms with Crippen molar-refractivity contribution in [1.29, 1.82) is 0 Å². The number of rotatable bonds is 1. The van der Waals surface area contributed by atoms with Gasteiger partial charge >= 0.3 is 0 Å². The molecule has 0 fully saturated rings. The maximum Gasteiger partial charge on any atom is 0.196 e. The fourth-order valence-electron chi connectivity index (χ4n) is 2.65. The minimum absolute atomic E-state index is 0.0253. The summed E-state index contributed by atoms with van der Waals surface area (Å²) in [5.41, 5.74) is 1.90. The molecule has 1 atom stereocenters. The first-order valence-corrected chi connectivity index (χ1v) is 6.23. The molecule has 0 unspecified atom stereocenters. The van der Waals surface area contributed by atoms with Gasteiger partial charge in [-0.05, 0) is 13.0 Å². The molecule has 1 aliphatic carbocycles. The summed E-state index contributed by atoms with van der Waals surface area (Å²) in [7, 11) is 1.50. The molecule has 1 aliphatic heterocycles. The third-order valence-corrected chi connectivity index (χ3v) is 3.63. The first-order valence-electron chi connectivity index (χ1n) is 6.23. The second kappa shape index (κ2) is 4.31. The Morgan fingerprint density at radius 3 is 2.74 bits per heavy atom. The number of carbonyl (C=O) groups excluding carboxylic acids is 2. The highest BCUT2D eigenvalue weighted by molar-refractivity contribution is 6.28. The van der Waals surface area contributed by atoms with E-state index in [4.69, 9.17) is 9.47 Å². The molecule has 2 aliphatic rings. The highest BCUT2D eigenvalue weighted by atomic mass is 16.5. The van der Waals surface area contributed by atoms with Crippen molar-refractivity contribution in [3.8, 4) is 5.75 Å². The molecule has 1 aromatic rings. The zero-order valence-corrected chi connectivity index (χ0v) is 10.9. The highest BCUT2D eigenvalue weighted by Crippen LogP contribution is 2.36. The fraction of sp³-hybridized carbons (Fsp3) is 0.333. The minimum atomic E-state index is -0.144. The molecule has 0 saturated heterocycles. The first kappa shape index (κ1) is 12.1. The van der Waals surface area contributed by atoms with E-state index in [2.05, 4.69) is 0 Å². The molecule has 0 N–H and O–H groups in total. The number of hydrogen-bond acceptors (Lipinski definition) is 4. The maximum absolute atomic E-state index is 12.5. The van der Waals surface area contributed by atoms with Crippen molar-refractivity contribution in [2.45, 2.75) is 19.4 Å². The van der Waals surface area contributed by atoms with Gasteiger partial charge in [0.25, 0.3) is 0 Å². The van der Waals surface area contributed by atoms with E-state index in [1.165, 1.54) is 7.11 Å². The van der Waals surface area contributed by atoms with Gasteiger partial charge in [0.05, 0.1) is 25.4 Å². The lowest BCUT2D eigenvalue weighted by molar-refractivity contribution is 0.0615. The SMILES string of the molecule is COc1cccc2c1C(=O)C1=C(C[C@@H](C)OC1)C2=O. The predicted octanol–water partition coefficient (Wildman–Crippen LogP) is 2.18. The average molecular weight is 258 g/mol. The lowest BCUT2D eigenvalue weighted by atomic mass is 9.81. The van der Waals surface area contributed by atoms with Crippen molar-refractivity contribution in [3.63, 3.8) is 0 Å². The van der Waals surface area contributed by atoms with Gasteiger partial charge in [0.1, 0.15) is 5.75 Å². The Labute approximate surface area is 111 Å². The van der Waals surface area contributed by atoms with Gasteiger partial charge in [0, 0.05) is 23.1 Å². The average Bonchev–Trinajstić information content (AvgIpc) is 2.43. The quantitative estimate of drug-likeness (QED) is 0.774. The summed E-state index contributed by atoms with van der Waals surface area (Å²) >= 11 is 0. The lowest BCUT2D eigenvalue weighted by Crippen LogP contribution is -2.31. The van der Waals surface area contributed by atoms with Crippen molar-refractivity contribution in [2.24, 2.45) is 0 Å². The van der Waals surface area contributed by atoms with E-state index >= 15 is 0 Å². The molecule has 98 valence electrons. The Balaban J connectivity index is 2.19. The number of ether oxygens (including phenoxy) is 2. The predicted molar refractivity (Wildman–Crippen MR) is 68.7 cm³/mol. The summed E-state index contributed by atoms with van der Waals surface area (Å²) in [5.74, 6) is 0.230. The van der Waals surface area contributed by atoms with Gasteiger partial charge in [0.15, 0.2) is 11.6 Å². The largest absolute Gasteiger partial charge is 0.496 e. The zero-order chi connectivity index (χ0) is 13.6. The molecule has 1 aromatic carbocycles. The van der Waals surface area contributed by atoms with E-state index in [0.717, 1.165) is 0 Å². The molecule has 0 amide bonds. The van der Waals surface area contributed by atoms with Crippen molar-refractivity contribution in [1.82, 2.24) is 0 Å². The van der Waals surface area contributed by atoms with Gasteiger partial charge in [-0.2, -0.15) is 0 Å². The number of methoxy groups -OCH3 is 1. The first-order chi connectivity index (χ1) is 9.13. The Morgan fingerprint density at radius 2 is 2.00 bits per heavy atom. The van der Waals surface area contributed by atoms with Crippen molar-refractivity contribution >= 4 is 11.6 Å². The van der Waals surface area contributed by atoms with Gasteiger partial charge in [-0.1, -0.05) is 12.1 Å². The molecule has 0 radical (unpaired) electrons. The van der Waals surface area contributed by atoms with E-state index in [9.17, 15) is 9.59 Å². The van der Waals surface area contributed by atoms with Crippen molar-refractivity contribution in [3.05, 3.63) is 40.5 Å². The van der Waals surface area contributed by atoms with Gasteiger partial charge in [-0.3, -0.25) is 9.59 Å². The van der Waals surface area contributed by atoms with Crippen LogP contribution in [0.15, 0.2) is 29.3 Å². The summed E-state index contributed by atoms with van der Waals surface area (Å²) in [4.78, 5) is 25.0. The van der Waals surface area contributed by atoms with E-state index in [1.807, 2.05) is 6.92 Å². The number of benzene rings is 1. The van der Waals surface area contributed by atoms with Crippen molar-refractivity contribution in [2.75, 3.05) is 13.7 Å². The smallest absolute Gasteiger partial charge is 0.196 e. The molecule has 0 aromatic heterocycles. The second-order valence-electron chi connectivity index (χ2n) is 4.82. The molecular formula is C15H14O4. The lowest BCUT2D eigenvalue weighted by Gasteiger charge is -2.28. The van der Waals surface area contributed by atoms with Crippen LogP contribution < -0.4 is 4.74 Å². The minimum Gasteiger partial charge on any atom is -0.496 e. The van der Waals surface area contributed by atoms with Crippen LogP contribution >= 0.6 is 0 Å². The monoisotopic (exact) mass is 258 g/mol. The number of fused-ring (bicyclic) bond motifs is 1. The Bertz CT molecular complexity index is 613. The number of Topliss-reactive ketones (excluding diaryl/α,β-unsaturated/α-hetero) is 2. The Morgan fingerprint density at radius 1 is 1.21 bits per heavy atom. The third kappa shape index (κ3) is 1.71. The molecule has 1 heterocycles. The van der Waals surface area contributed by atoms with Gasteiger partial charge in [0.2, 0.25) is 0 Å². The standard InChI is InChI=1S/C15H14O4/c1-8-6-10-11(7-19-8)15(17)13-9(14(10)16)4-3-5-12(13)18-2/h3-5,8H,6-7H2,1-2H3/t8-/m1/s1. The summed E-state index contributed by atoms with van der Waals surface area (Å²) in [6.45, 7) is 2.11. The van der Waals surface area contributed by atoms with Crippen LogP contribution in [-0.2, 0) is 4.74 Å². The van der Waals surface area contributed by atoms with Crippen LogP contribution in [0, 0.1) is 0 Å². The van der Waals surface area contributed by atoms with E-state index < -0.39 is 0 Å². The van der Waals surface area contributed by atoms with Crippen LogP contribution in [0.3, 0.4) is 0 Å². The molecule has 3 rings (SSSR count). The number of carbonyl (C=O) groups is 2. The second-order valence-corrected chi connectivity index (χ2v) is 4.82. The summed E-state index contributed by atoms with van der Waals surface area (Å²) in [5, 5.41) is 0. The molecule has 0 bridgehead atoms. The maximum atomic E-state index is 12.5. The van der Waals surface area contributed by atoms with Crippen LogP contribution in [0.25, 0.3) is 0 Å². The van der Waals surface area contributed by atoms with Crippen molar-refractivity contribution < 1.29 is 19.1 Å². The molecule has 0 spiro atoms. The van der Waals surface area contributed by atoms with Crippen LogP contribution in [0.1, 0.15) is 34.1 Å². The molecule has 0 saturated carbocycles. The summed E-state index contributed by atoms with van der Waals surface area (Å²) < 4.78 is 10.7. The van der Waals surface area contributed by atoms with Gasteiger partial charge in [-0.15, -0.1) is 0 Å². The van der Waals surface area contributed by atoms with E-state index in [-0.39, 0.29) is 24.3 Å². The summed E-state index contributed by atoms with van der Waals surface area (Å²) in [6.07, 6.45) is 0.471. The van der Waals surface area contributed by atoms with Gasteiger partial charge in [-0.25, -0.2) is 0 Å². The topological polar surface area (TPSA) is 52.6 Å². The molecule has 4 nitrogen and oxygen atoms in total.